The van der Waals surface area contributed by atoms with Crippen molar-refractivity contribution in [2.24, 2.45) is 0 Å². The van der Waals surface area contributed by atoms with Crippen LogP contribution in [-0.4, -0.2) is 10.1 Å². The molecule has 0 saturated heterocycles. The maximum absolute atomic E-state index is 5.90. The van der Waals surface area contributed by atoms with E-state index in [1.807, 2.05) is 18.2 Å². The smallest absolute Gasteiger partial charge is 0.176 e. The van der Waals surface area contributed by atoms with Gasteiger partial charge in [0.25, 0.3) is 0 Å². The summed E-state index contributed by atoms with van der Waals surface area (Å²) in [6.07, 6.45) is 10.2. The summed E-state index contributed by atoms with van der Waals surface area (Å²) in [5.74, 6) is 1.29. The molecule has 0 aromatic carbocycles. The second kappa shape index (κ2) is 7.68. The molecule has 0 aliphatic heterocycles. The number of nitrogen functional groups attached to an aromatic ring is 1. The van der Waals surface area contributed by atoms with Crippen molar-refractivity contribution >= 4 is 5.82 Å². The van der Waals surface area contributed by atoms with Gasteiger partial charge in [0.2, 0.25) is 0 Å². The number of aromatic nitrogens is 2. The van der Waals surface area contributed by atoms with Gasteiger partial charge >= 0.3 is 0 Å². The van der Waals surface area contributed by atoms with Gasteiger partial charge in [0.05, 0.1) is 11.3 Å². The normalized spacial score (nSPS) is 10.8. The Morgan fingerprint density at radius 1 is 1.10 bits per heavy atom. The lowest BCUT2D eigenvalue weighted by Crippen LogP contribution is -1.93. The number of anilines is 1. The zero-order valence-electron chi connectivity index (χ0n) is 12.1. The first kappa shape index (κ1) is 14.6. The highest BCUT2D eigenvalue weighted by Crippen LogP contribution is 2.28. The zero-order valence-corrected chi connectivity index (χ0v) is 12.1. The zero-order chi connectivity index (χ0) is 14.2. The molecule has 0 radical (unpaired) electrons. The van der Waals surface area contributed by atoms with Crippen molar-refractivity contribution in [2.45, 2.75) is 51.9 Å². The molecule has 20 heavy (non-hydrogen) atoms. The molecule has 0 amide bonds. The van der Waals surface area contributed by atoms with E-state index in [-0.39, 0.29) is 0 Å². The molecular weight excluding hydrogens is 250 g/mol. The molecule has 108 valence electrons. The minimum atomic E-state index is 0.435. The van der Waals surface area contributed by atoms with Gasteiger partial charge in [0.15, 0.2) is 5.82 Å². The Kier molecular flexibility index (Phi) is 5.59. The minimum absolute atomic E-state index is 0.435. The van der Waals surface area contributed by atoms with Crippen LogP contribution < -0.4 is 5.73 Å². The van der Waals surface area contributed by atoms with Crippen LogP contribution in [0.3, 0.4) is 0 Å². The molecule has 0 atom stereocenters. The lowest BCUT2D eigenvalue weighted by Gasteiger charge is -2.02. The highest BCUT2D eigenvalue weighted by molar-refractivity contribution is 5.72. The summed E-state index contributed by atoms with van der Waals surface area (Å²) >= 11 is 0. The van der Waals surface area contributed by atoms with E-state index in [1.165, 1.54) is 32.1 Å². The second-order valence-corrected chi connectivity index (χ2v) is 5.10. The van der Waals surface area contributed by atoms with E-state index in [2.05, 4.69) is 17.1 Å². The van der Waals surface area contributed by atoms with E-state index < -0.39 is 0 Å². The lowest BCUT2D eigenvalue weighted by atomic mass is 10.0. The fraction of sp³-hybridized carbons (Fsp3) is 0.500. The Hall–Kier alpha value is -1.84. The van der Waals surface area contributed by atoms with Crippen LogP contribution in [0.2, 0.25) is 0 Å². The van der Waals surface area contributed by atoms with Crippen molar-refractivity contribution in [3.05, 3.63) is 30.2 Å². The third-order valence-electron chi connectivity index (χ3n) is 3.47. The van der Waals surface area contributed by atoms with Crippen molar-refractivity contribution in [3.63, 3.8) is 0 Å². The SMILES string of the molecule is CCCCCCCCc1onc(N)c1-c1ccccn1. The Morgan fingerprint density at radius 3 is 2.65 bits per heavy atom. The number of unbranched alkanes of at least 4 members (excludes halogenated alkanes) is 5. The summed E-state index contributed by atoms with van der Waals surface area (Å²) in [5, 5.41) is 3.88. The number of rotatable bonds is 8. The van der Waals surface area contributed by atoms with Crippen molar-refractivity contribution in [1.29, 1.82) is 0 Å². The van der Waals surface area contributed by atoms with Crippen LogP contribution in [0.25, 0.3) is 11.3 Å². The van der Waals surface area contributed by atoms with E-state index in [0.29, 0.717) is 5.82 Å². The maximum Gasteiger partial charge on any atom is 0.176 e. The van der Waals surface area contributed by atoms with Gasteiger partial charge in [-0.2, -0.15) is 0 Å². The number of hydrogen-bond donors (Lipinski definition) is 1. The van der Waals surface area contributed by atoms with Crippen LogP contribution in [-0.2, 0) is 6.42 Å². The standard InChI is InChI=1S/C16H23N3O/c1-2-3-4-5-6-7-11-14-15(16(17)19-20-14)13-10-8-9-12-18-13/h8-10,12H,2-7,11H2,1H3,(H2,17,19). The summed E-state index contributed by atoms with van der Waals surface area (Å²) in [6.45, 7) is 2.23. The first-order valence-corrected chi connectivity index (χ1v) is 7.48. The third-order valence-corrected chi connectivity index (χ3v) is 3.47. The predicted molar refractivity (Wildman–Crippen MR) is 81.2 cm³/mol. The Labute approximate surface area is 120 Å². The summed E-state index contributed by atoms with van der Waals surface area (Å²) in [6, 6.07) is 5.78. The topological polar surface area (TPSA) is 64.9 Å². The predicted octanol–water partition coefficient (Wildman–Crippen LogP) is 4.22. The molecule has 0 fully saturated rings. The average molecular weight is 273 g/mol. The van der Waals surface area contributed by atoms with Gasteiger partial charge in [-0.3, -0.25) is 4.98 Å². The van der Waals surface area contributed by atoms with Gasteiger partial charge in [0, 0.05) is 12.6 Å². The van der Waals surface area contributed by atoms with E-state index >= 15 is 0 Å². The molecule has 4 nitrogen and oxygen atoms in total. The summed E-state index contributed by atoms with van der Waals surface area (Å²) in [7, 11) is 0. The van der Waals surface area contributed by atoms with Crippen molar-refractivity contribution in [1.82, 2.24) is 10.1 Å². The molecule has 2 aromatic heterocycles. The van der Waals surface area contributed by atoms with E-state index in [0.717, 1.165) is 29.9 Å². The molecule has 0 aliphatic carbocycles. The number of aryl methyl sites for hydroxylation is 1. The van der Waals surface area contributed by atoms with Crippen molar-refractivity contribution in [2.75, 3.05) is 5.73 Å². The highest BCUT2D eigenvalue weighted by atomic mass is 16.5. The molecule has 0 unspecified atom stereocenters. The lowest BCUT2D eigenvalue weighted by molar-refractivity contribution is 0.381. The monoisotopic (exact) mass is 273 g/mol. The first-order valence-electron chi connectivity index (χ1n) is 7.48. The quantitative estimate of drug-likeness (QED) is 0.731. The highest BCUT2D eigenvalue weighted by Gasteiger charge is 2.16. The molecule has 4 heteroatoms. The van der Waals surface area contributed by atoms with E-state index in [9.17, 15) is 0 Å². The van der Waals surface area contributed by atoms with E-state index in [1.54, 1.807) is 6.20 Å². The molecule has 0 bridgehead atoms. The largest absolute Gasteiger partial charge is 0.380 e. The Balaban J connectivity index is 1.93. The van der Waals surface area contributed by atoms with Gasteiger partial charge < -0.3 is 10.3 Å². The molecule has 0 spiro atoms. The number of nitrogens with two attached hydrogens (primary N) is 1. The van der Waals surface area contributed by atoms with Gasteiger partial charge in [-0.15, -0.1) is 0 Å². The number of pyridine rings is 1. The molecule has 2 rings (SSSR count). The van der Waals surface area contributed by atoms with E-state index in [4.69, 9.17) is 10.3 Å². The first-order chi connectivity index (χ1) is 9.83. The second-order valence-electron chi connectivity index (χ2n) is 5.10. The van der Waals surface area contributed by atoms with Gasteiger partial charge in [-0.25, -0.2) is 0 Å². The third kappa shape index (κ3) is 3.83. The molecule has 0 aliphatic rings. The summed E-state index contributed by atoms with van der Waals surface area (Å²) in [5.41, 5.74) is 7.60. The van der Waals surface area contributed by atoms with Crippen LogP contribution in [0.4, 0.5) is 5.82 Å². The average Bonchev–Trinajstić information content (AvgIpc) is 2.84. The van der Waals surface area contributed by atoms with Crippen molar-refractivity contribution < 1.29 is 4.52 Å². The summed E-state index contributed by atoms with van der Waals surface area (Å²) in [4.78, 5) is 4.33. The van der Waals surface area contributed by atoms with Crippen LogP contribution in [0.1, 0.15) is 51.2 Å². The van der Waals surface area contributed by atoms with Crippen LogP contribution in [0.15, 0.2) is 28.9 Å². The number of hydrogen-bond acceptors (Lipinski definition) is 4. The maximum atomic E-state index is 5.90. The summed E-state index contributed by atoms with van der Waals surface area (Å²) < 4.78 is 5.36. The van der Waals surface area contributed by atoms with Crippen molar-refractivity contribution in [3.8, 4) is 11.3 Å². The van der Waals surface area contributed by atoms with Crippen LogP contribution in [0, 0.1) is 0 Å². The van der Waals surface area contributed by atoms with Gasteiger partial charge in [-0.05, 0) is 18.6 Å². The molecule has 2 heterocycles. The Bertz CT molecular complexity index is 508. The Morgan fingerprint density at radius 2 is 1.90 bits per heavy atom. The molecule has 2 aromatic rings. The molecule has 0 saturated carbocycles. The number of nitrogens with zero attached hydrogens (tertiary/aromatic N) is 2. The fourth-order valence-corrected chi connectivity index (χ4v) is 2.36. The fourth-order valence-electron chi connectivity index (χ4n) is 2.36. The van der Waals surface area contributed by atoms with Gasteiger partial charge in [0.1, 0.15) is 5.76 Å². The minimum Gasteiger partial charge on any atom is -0.380 e. The van der Waals surface area contributed by atoms with Crippen LogP contribution >= 0.6 is 0 Å². The van der Waals surface area contributed by atoms with Crippen LogP contribution in [0.5, 0.6) is 0 Å². The molecule has 2 N–H and O–H groups in total. The van der Waals surface area contributed by atoms with Gasteiger partial charge in [-0.1, -0.05) is 50.3 Å². The molecular formula is C16H23N3O.